The first-order chi connectivity index (χ1) is 9.77. The third-order valence-electron chi connectivity index (χ3n) is 2.62. The van der Waals surface area contributed by atoms with E-state index in [1.807, 2.05) is 0 Å². The van der Waals surface area contributed by atoms with Crippen molar-refractivity contribution in [3.63, 3.8) is 0 Å². The Balaban J connectivity index is 2.22. The van der Waals surface area contributed by atoms with E-state index in [0.29, 0.717) is 16.4 Å². The molecule has 0 atom stereocenters. The topological polar surface area (TPSA) is 85.1 Å². The van der Waals surface area contributed by atoms with Gasteiger partial charge in [-0.05, 0) is 13.8 Å². The Morgan fingerprint density at radius 1 is 1.48 bits per heavy atom. The predicted octanol–water partition coefficient (Wildman–Crippen LogP) is 3.83. The standard InChI is InChI=1S/C13H12BrN3O3S/c1-13(2,14)11(18)16-12-15-10(7-21-12)8-4-3-5-9(6-8)17(19)20/h3-7H,1-2H3,(H,15,16,18). The average molecular weight is 370 g/mol. The number of nitro benzene ring substituents is 1. The van der Waals surface area contributed by atoms with Crippen LogP contribution in [0.25, 0.3) is 11.3 Å². The first kappa shape index (κ1) is 15.6. The monoisotopic (exact) mass is 369 g/mol. The van der Waals surface area contributed by atoms with Gasteiger partial charge in [-0.3, -0.25) is 14.9 Å². The van der Waals surface area contributed by atoms with Crippen LogP contribution >= 0.6 is 27.3 Å². The second-order valence-electron chi connectivity index (χ2n) is 4.77. The molecule has 1 aromatic carbocycles. The van der Waals surface area contributed by atoms with Gasteiger partial charge in [0.1, 0.15) is 0 Å². The molecule has 21 heavy (non-hydrogen) atoms. The molecule has 8 heteroatoms. The van der Waals surface area contributed by atoms with Crippen LogP contribution in [0.3, 0.4) is 0 Å². The lowest BCUT2D eigenvalue weighted by Gasteiger charge is -2.13. The molecule has 0 saturated heterocycles. The highest BCUT2D eigenvalue weighted by Crippen LogP contribution is 2.28. The molecule has 0 aliphatic heterocycles. The minimum atomic E-state index is -0.690. The minimum absolute atomic E-state index is 0.00711. The second kappa shape index (κ2) is 5.90. The van der Waals surface area contributed by atoms with Crippen LogP contribution in [-0.4, -0.2) is 20.1 Å². The summed E-state index contributed by atoms with van der Waals surface area (Å²) in [7, 11) is 0. The number of hydrogen-bond acceptors (Lipinski definition) is 5. The summed E-state index contributed by atoms with van der Waals surface area (Å²) in [4.78, 5) is 26.4. The highest BCUT2D eigenvalue weighted by molar-refractivity contribution is 9.10. The van der Waals surface area contributed by atoms with Crippen molar-refractivity contribution in [1.29, 1.82) is 0 Å². The number of anilines is 1. The summed E-state index contributed by atoms with van der Waals surface area (Å²) in [5.41, 5.74) is 1.23. The van der Waals surface area contributed by atoms with Crippen LogP contribution in [0.2, 0.25) is 0 Å². The number of amides is 1. The number of carbonyl (C=O) groups excluding carboxylic acids is 1. The molecule has 0 aliphatic carbocycles. The van der Waals surface area contributed by atoms with Crippen LogP contribution in [0.15, 0.2) is 29.6 Å². The van der Waals surface area contributed by atoms with E-state index in [2.05, 4.69) is 26.2 Å². The molecule has 1 amide bonds. The van der Waals surface area contributed by atoms with E-state index >= 15 is 0 Å². The Morgan fingerprint density at radius 3 is 2.81 bits per heavy atom. The summed E-state index contributed by atoms with van der Waals surface area (Å²) in [5, 5.41) is 15.7. The summed E-state index contributed by atoms with van der Waals surface area (Å²) in [6.45, 7) is 3.47. The number of benzene rings is 1. The van der Waals surface area contributed by atoms with Gasteiger partial charge >= 0.3 is 0 Å². The number of nitrogens with one attached hydrogen (secondary N) is 1. The van der Waals surface area contributed by atoms with Crippen LogP contribution in [0.1, 0.15) is 13.8 Å². The fourth-order valence-corrected chi connectivity index (χ4v) is 2.30. The van der Waals surface area contributed by atoms with Crippen molar-refractivity contribution in [3.05, 3.63) is 39.8 Å². The molecule has 0 spiro atoms. The average Bonchev–Trinajstić information content (AvgIpc) is 2.86. The zero-order valence-corrected chi connectivity index (χ0v) is 13.7. The normalized spacial score (nSPS) is 11.2. The number of rotatable bonds is 4. The number of alkyl halides is 1. The number of hydrogen-bond donors (Lipinski definition) is 1. The van der Waals surface area contributed by atoms with E-state index in [0.717, 1.165) is 0 Å². The number of carbonyl (C=O) groups is 1. The van der Waals surface area contributed by atoms with Crippen molar-refractivity contribution < 1.29 is 9.72 Å². The van der Waals surface area contributed by atoms with Gasteiger partial charge in [0.2, 0.25) is 5.91 Å². The van der Waals surface area contributed by atoms with Gasteiger partial charge in [-0.2, -0.15) is 0 Å². The SMILES string of the molecule is CC(C)(Br)C(=O)Nc1nc(-c2cccc([N+](=O)[O-])c2)cs1. The minimum Gasteiger partial charge on any atom is -0.301 e. The van der Waals surface area contributed by atoms with Crippen molar-refractivity contribution >= 4 is 44.0 Å². The second-order valence-corrected chi connectivity index (χ2v) is 7.61. The van der Waals surface area contributed by atoms with Crippen LogP contribution in [-0.2, 0) is 4.79 Å². The molecular formula is C13H12BrN3O3S. The van der Waals surface area contributed by atoms with Gasteiger partial charge in [-0.15, -0.1) is 11.3 Å². The quantitative estimate of drug-likeness (QED) is 0.504. The van der Waals surface area contributed by atoms with E-state index in [1.165, 1.54) is 23.5 Å². The lowest BCUT2D eigenvalue weighted by atomic mass is 10.1. The first-order valence-electron chi connectivity index (χ1n) is 5.98. The van der Waals surface area contributed by atoms with Gasteiger partial charge < -0.3 is 5.32 Å². The summed E-state index contributed by atoms with van der Waals surface area (Å²) in [6, 6.07) is 6.22. The van der Waals surface area contributed by atoms with Gasteiger partial charge in [0.25, 0.3) is 5.69 Å². The Hall–Kier alpha value is -1.80. The number of nitrogens with zero attached hydrogens (tertiary/aromatic N) is 2. The van der Waals surface area contributed by atoms with Crippen molar-refractivity contribution in [2.45, 2.75) is 18.2 Å². The zero-order valence-electron chi connectivity index (χ0n) is 11.3. The molecule has 1 heterocycles. The zero-order chi connectivity index (χ0) is 15.6. The van der Waals surface area contributed by atoms with Gasteiger partial charge in [0.05, 0.1) is 14.9 Å². The van der Waals surface area contributed by atoms with Crippen LogP contribution in [0.4, 0.5) is 10.8 Å². The predicted molar refractivity (Wildman–Crippen MR) is 85.8 cm³/mol. The Morgan fingerprint density at radius 2 is 2.19 bits per heavy atom. The molecule has 0 aliphatic rings. The lowest BCUT2D eigenvalue weighted by molar-refractivity contribution is -0.384. The van der Waals surface area contributed by atoms with E-state index < -0.39 is 9.25 Å². The fourth-order valence-electron chi connectivity index (χ4n) is 1.49. The van der Waals surface area contributed by atoms with Crippen molar-refractivity contribution in [3.8, 4) is 11.3 Å². The van der Waals surface area contributed by atoms with Gasteiger partial charge in [-0.25, -0.2) is 4.98 Å². The molecule has 2 aromatic rings. The first-order valence-corrected chi connectivity index (χ1v) is 7.65. The molecule has 1 aromatic heterocycles. The Labute approximate surface area is 133 Å². The molecular weight excluding hydrogens is 358 g/mol. The van der Waals surface area contributed by atoms with E-state index in [-0.39, 0.29) is 11.6 Å². The largest absolute Gasteiger partial charge is 0.301 e. The molecule has 6 nitrogen and oxygen atoms in total. The fraction of sp³-hybridized carbons (Fsp3) is 0.231. The van der Waals surface area contributed by atoms with Crippen LogP contribution < -0.4 is 5.32 Å². The molecule has 1 N–H and O–H groups in total. The maximum absolute atomic E-state index is 11.8. The van der Waals surface area contributed by atoms with Gasteiger partial charge in [-0.1, -0.05) is 28.1 Å². The number of nitro groups is 1. The summed E-state index contributed by atoms with van der Waals surface area (Å²) >= 11 is 4.54. The number of thiazole rings is 1. The molecule has 0 bridgehead atoms. The van der Waals surface area contributed by atoms with Crippen LogP contribution in [0.5, 0.6) is 0 Å². The van der Waals surface area contributed by atoms with Gasteiger partial charge in [0, 0.05) is 23.1 Å². The molecule has 0 radical (unpaired) electrons. The molecule has 2 rings (SSSR count). The molecule has 0 saturated carbocycles. The third kappa shape index (κ3) is 3.85. The van der Waals surface area contributed by atoms with Crippen molar-refractivity contribution in [1.82, 2.24) is 4.98 Å². The number of aromatic nitrogens is 1. The summed E-state index contributed by atoms with van der Waals surface area (Å²) < 4.78 is -0.690. The molecule has 0 fully saturated rings. The third-order valence-corrected chi connectivity index (χ3v) is 3.74. The van der Waals surface area contributed by atoms with E-state index in [4.69, 9.17) is 0 Å². The highest BCUT2D eigenvalue weighted by atomic mass is 79.9. The highest BCUT2D eigenvalue weighted by Gasteiger charge is 2.24. The summed E-state index contributed by atoms with van der Waals surface area (Å²) in [5.74, 6) is -0.206. The maximum Gasteiger partial charge on any atom is 0.270 e. The van der Waals surface area contributed by atoms with Gasteiger partial charge in [0.15, 0.2) is 5.13 Å². The van der Waals surface area contributed by atoms with Crippen LogP contribution in [0, 0.1) is 10.1 Å². The lowest BCUT2D eigenvalue weighted by Crippen LogP contribution is -2.30. The number of halogens is 1. The smallest absolute Gasteiger partial charge is 0.270 e. The van der Waals surface area contributed by atoms with E-state index in [9.17, 15) is 14.9 Å². The Kier molecular flexibility index (Phi) is 4.38. The van der Waals surface area contributed by atoms with E-state index in [1.54, 1.807) is 31.4 Å². The van der Waals surface area contributed by atoms with Crippen molar-refractivity contribution in [2.24, 2.45) is 0 Å². The summed E-state index contributed by atoms with van der Waals surface area (Å²) in [6.07, 6.45) is 0. The Bertz CT molecular complexity index is 694. The van der Waals surface area contributed by atoms with Crippen molar-refractivity contribution in [2.75, 3.05) is 5.32 Å². The molecule has 0 unspecified atom stereocenters. The molecule has 110 valence electrons. The maximum atomic E-state index is 11.8. The number of non-ortho nitro benzene ring substituents is 1.